The van der Waals surface area contributed by atoms with Gasteiger partial charge in [-0.3, -0.25) is 0 Å². The van der Waals surface area contributed by atoms with Crippen LogP contribution in [0.25, 0.3) is 0 Å². The van der Waals surface area contributed by atoms with E-state index in [1.165, 1.54) is 0 Å². The first-order chi connectivity index (χ1) is 6.36. The van der Waals surface area contributed by atoms with Gasteiger partial charge < -0.3 is 5.73 Å². The van der Waals surface area contributed by atoms with Gasteiger partial charge >= 0.3 is 6.18 Å². The van der Waals surface area contributed by atoms with E-state index in [0.29, 0.717) is 6.42 Å². The molecule has 3 nitrogen and oxygen atoms in total. The number of aromatic nitrogens is 2. The average Bonchev–Trinajstić information content (AvgIpc) is 2.07. The summed E-state index contributed by atoms with van der Waals surface area (Å²) in [5, 5.41) is 0. The molecular weight excluding hydrogens is 263 g/mol. The van der Waals surface area contributed by atoms with E-state index >= 15 is 0 Å². The third-order valence-electron chi connectivity index (χ3n) is 1.57. The van der Waals surface area contributed by atoms with E-state index in [4.69, 9.17) is 5.73 Å². The smallest absolute Gasteiger partial charge is 0.395 e. The van der Waals surface area contributed by atoms with Gasteiger partial charge in [0.2, 0.25) is 5.82 Å². The molecule has 0 radical (unpaired) electrons. The maximum atomic E-state index is 12.2. The Morgan fingerprint density at radius 1 is 1.36 bits per heavy atom. The Kier molecular flexibility index (Phi) is 2.98. The molecule has 1 aromatic heterocycles. The van der Waals surface area contributed by atoms with Crippen LogP contribution in [-0.4, -0.2) is 9.97 Å². The lowest BCUT2D eigenvalue weighted by Gasteiger charge is -2.09. The predicted molar refractivity (Wildman–Crippen MR) is 48.5 cm³/mol. The lowest BCUT2D eigenvalue weighted by Crippen LogP contribution is -2.14. The number of nitrogens with two attached hydrogens (primary N) is 1. The van der Waals surface area contributed by atoms with E-state index in [-0.39, 0.29) is 16.0 Å². The topological polar surface area (TPSA) is 51.8 Å². The first-order valence-electron chi connectivity index (χ1n) is 3.75. The molecule has 0 spiro atoms. The van der Waals surface area contributed by atoms with Gasteiger partial charge in [-0.2, -0.15) is 13.2 Å². The average molecular weight is 270 g/mol. The number of alkyl halides is 3. The van der Waals surface area contributed by atoms with Crippen LogP contribution in [0.15, 0.2) is 4.60 Å². The van der Waals surface area contributed by atoms with E-state index in [0.717, 1.165) is 0 Å². The third-order valence-corrected chi connectivity index (χ3v) is 2.17. The van der Waals surface area contributed by atoms with Crippen molar-refractivity contribution in [3.8, 4) is 0 Å². The summed E-state index contributed by atoms with van der Waals surface area (Å²) in [5.74, 6) is -1.17. The Morgan fingerprint density at radius 3 is 2.36 bits per heavy atom. The van der Waals surface area contributed by atoms with E-state index < -0.39 is 12.0 Å². The zero-order valence-corrected chi connectivity index (χ0v) is 8.78. The maximum absolute atomic E-state index is 12.2. The predicted octanol–water partition coefficient (Wildman–Crippen LogP) is 2.40. The van der Waals surface area contributed by atoms with Crippen molar-refractivity contribution in [3.63, 3.8) is 0 Å². The molecule has 0 aromatic carbocycles. The molecule has 1 heterocycles. The normalized spacial score (nSPS) is 11.8. The fourth-order valence-corrected chi connectivity index (χ4v) is 1.28. The number of rotatable bonds is 1. The van der Waals surface area contributed by atoms with Crippen LogP contribution >= 0.6 is 15.9 Å². The van der Waals surface area contributed by atoms with Crippen LogP contribution in [0.2, 0.25) is 0 Å². The number of anilines is 1. The van der Waals surface area contributed by atoms with Gasteiger partial charge in [0.25, 0.3) is 0 Å². The lowest BCUT2D eigenvalue weighted by molar-refractivity contribution is -0.145. The second kappa shape index (κ2) is 3.72. The van der Waals surface area contributed by atoms with Gasteiger partial charge in [-0.25, -0.2) is 9.97 Å². The summed E-state index contributed by atoms with van der Waals surface area (Å²) >= 11 is 2.85. The number of halogens is 4. The summed E-state index contributed by atoms with van der Waals surface area (Å²) in [7, 11) is 0. The maximum Gasteiger partial charge on any atom is 0.451 e. The molecular formula is C7H7BrF3N3. The van der Waals surface area contributed by atoms with E-state index in [1.54, 1.807) is 6.92 Å². The Balaban J connectivity index is 3.30. The fraction of sp³-hybridized carbons (Fsp3) is 0.429. The SMILES string of the molecule is CCc1nc(C(F)(F)F)nc(Br)c1N. The molecule has 0 unspecified atom stereocenters. The molecule has 0 saturated carbocycles. The van der Waals surface area contributed by atoms with E-state index in [2.05, 4.69) is 25.9 Å². The summed E-state index contributed by atoms with van der Waals surface area (Å²) in [4.78, 5) is 6.54. The second-order valence-corrected chi connectivity index (χ2v) is 3.30. The van der Waals surface area contributed by atoms with Crippen molar-refractivity contribution in [3.05, 3.63) is 16.1 Å². The molecule has 14 heavy (non-hydrogen) atoms. The molecule has 1 aromatic rings. The highest BCUT2D eigenvalue weighted by atomic mass is 79.9. The third kappa shape index (κ3) is 2.14. The Bertz CT molecular complexity index is 351. The van der Waals surface area contributed by atoms with E-state index in [1.807, 2.05) is 0 Å². The zero-order chi connectivity index (χ0) is 10.9. The first-order valence-corrected chi connectivity index (χ1v) is 4.54. The molecule has 0 fully saturated rings. The van der Waals surface area contributed by atoms with Gasteiger partial charge in [0.1, 0.15) is 4.60 Å². The molecule has 7 heteroatoms. The van der Waals surface area contributed by atoms with Crippen LogP contribution in [0.5, 0.6) is 0 Å². The van der Waals surface area contributed by atoms with Crippen LogP contribution in [0.1, 0.15) is 18.4 Å². The Labute approximate surface area is 86.7 Å². The van der Waals surface area contributed by atoms with Crippen molar-refractivity contribution in [2.75, 3.05) is 5.73 Å². The highest BCUT2D eigenvalue weighted by molar-refractivity contribution is 9.10. The highest BCUT2D eigenvalue weighted by Crippen LogP contribution is 2.30. The molecule has 78 valence electrons. The quantitative estimate of drug-likeness (QED) is 0.797. The van der Waals surface area contributed by atoms with Crippen LogP contribution in [0.3, 0.4) is 0 Å². The van der Waals surface area contributed by atoms with Gasteiger partial charge in [0, 0.05) is 0 Å². The van der Waals surface area contributed by atoms with Crippen LogP contribution in [0.4, 0.5) is 18.9 Å². The van der Waals surface area contributed by atoms with Gasteiger partial charge in [-0.05, 0) is 22.4 Å². The van der Waals surface area contributed by atoms with Gasteiger partial charge in [0.05, 0.1) is 11.4 Å². The van der Waals surface area contributed by atoms with Crippen molar-refractivity contribution >= 4 is 21.6 Å². The van der Waals surface area contributed by atoms with Gasteiger partial charge in [0.15, 0.2) is 0 Å². The minimum Gasteiger partial charge on any atom is -0.395 e. The first kappa shape index (κ1) is 11.2. The molecule has 0 bridgehead atoms. The molecule has 0 amide bonds. The monoisotopic (exact) mass is 269 g/mol. The summed E-state index contributed by atoms with van der Waals surface area (Å²) < 4.78 is 36.7. The largest absolute Gasteiger partial charge is 0.451 e. The van der Waals surface area contributed by atoms with Crippen molar-refractivity contribution in [2.24, 2.45) is 0 Å². The van der Waals surface area contributed by atoms with Crippen molar-refractivity contribution in [2.45, 2.75) is 19.5 Å². The molecule has 0 aliphatic heterocycles. The van der Waals surface area contributed by atoms with Gasteiger partial charge in [-0.1, -0.05) is 6.92 Å². The number of nitrogens with zero attached hydrogens (tertiary/aromatic N) is 2. The molecule has 0 saturated heterocycles. The number of nitrogen functional groups attached to an aromatic ring is 1. The highest BCUT2D eigenvalue weighted by Gasteiger charge is 2.35. The molecule has 0 aliphatic carbocycles. The van der Waals surface area contributed by atoms with Crippen molar-refractivity contribution in [1.29, 1.82) is 0 Å². The van der Waals surface area contributed by atoms with Crippen LogP contribution < -0.4 is 5.73 Å². The fourth-order valence-electron chi connectivity index (χ4n) is 0.882. The van der Waals surface area contributed by atoms with Crippen LogP contribution in [-0.2, 0) is 12.6 Å². The summed E-state index contributed by atoms with van der Waals surface area (Å²) in [6.07, 6.45) is -4.21. The van der Waals surface area contributed by atoms with Gasteiger partial charge in [-0.15, -0.1) is 0 Å². The minimum absolute atomic E-state index is 0.0170. The minimum atomic E-state index is -4.54. The molecule has 0 aliphatic rings. The standard InChI is InChI=1S/C7H7BrF3N3/c1-2-3-4(12)5(8)14-6(13-3)7(9,10)11/h2,12H2,1H3. The summed E-state index contributed by atoms with van der Waals surface area (Å²) in [5.41, 5.74) is 5.81. The molecule has 1 rings (SSSR count). The summed E-state index contributed by atoms with van der Waals surface area (Å²) in [6.45, 7) is 1.67. The second-order valence-electron chi connectivity index (χ2n) is 2.55. The number of aryl methyl sites for hydroxylation is 1. The van der Waals surface area contributed by atoms with Crippen molar-refractivity contribution in [1.82, 2.24) is 9.97 Å². The Hall–Kier alpha value is -0.850. The number of hydrogen-bond acceptors (Lipinski definition) is 3. The zero-order valence-electron chi connectivity index (χ0n) is 7.19. The lowest BCUT2D eigenvalue weighted by atomic mass is 10.3. The Morgan fingerprint density at radius 2 is 1.93 bits per heavy atom. The van der Waals surface area contributed by atoms with Crippen molar-refractivity contribution < 1.29 is 13.2 Å². The molecule has 0 atom stereocenters. The summed E-state index contributed by atoms with van der Waals surface area (Å²) in [6, 6.07) is 0. The van der Waals surface area contributed by atoms with Crippen LogP contribution in [0, 0.1) is 0 Å². The number of hydrogen-bond donors (Lipinski definition) is 1. The molecule has 2 N–H and O–H groups in total. The van der Waals surface area contributed by atoms with E-state index in [9.17, 15) is 13.2 Å².